The third kappa shape index (κ3) is 1.55. The molecule has 0 unspecified atom stereocenters. The molecule has 1 aromatic carbocycles. The van der Waals surface area contributed by atoms with Crippen LogP contribution in [0.15, 0.2) is 17.5 Å². The fraction of sp³-hybridized carbons (Fsp3) is 0.111. The standard InChI is InChI=1S/C9H6Cl2OS/c10-7-1-6-5(3-12)4-13-9(6)2-8(7)11/h1-2,4,12H,3H2. The van der Waals surface area contributed by atoms with E-state index in [1.54, 1.807) is 17.4 Å². The van der Waals surface area contributed by atoms with Crippen molar-refractivity contribution in [3.05, 3.63) is 33.1 Å². The lowest BCUT2D eigenvalue weighted by atomic mass is 10.2. The van der Waals surface area contributed by atoms with E-state index in [0.29, 0.717) is 10.0 Å². The van der Waals surface area contributed by atoms with Gasteiger partial charge in [0, 0.05) is 4.70 Å². The Balaban J connectivity index is 2.77. The molecule has 0 saturated carbocycles. The average Bonchev–Trinajstić information content (AvgIpc) is 2.48. The van der Waals surface area contributed by atoms with Crippen LogP contribution in [-0.2, 0) is 6.61 Å². The third-order valence-corrected chi connectivity index (χ3v) is 3.58. The summed E-state index contributed by atoms with van der Waals surface area (Å²) in [6.45, 7) is 0.0396. The molecule has 0 aliphatic rings. The molecule has 0 bridgehead atoms. The summed E-state index contributed by atoms with van der Waals surface area (Å²) in [5.41, 5.74) is 0.901. The molecule has 0 aliphatic carbocycles. The fourth-order valence-electron chi connectivity index (χ4n) is 1.20. The minimum Gasteiger partial charge on any atom is -0.392 e. The largest absolute Gasteiger partial charge is 0.392 e. The molecule has 1 aromatic heterocycles. The van der Waals surface area contributed by atoms with Crippen LogP contribution >= 0.6 is 34.5 Å². The zero-order valence-corrected chi connectivity index (χ0v) is 8.88. The number of rotatable bonds is 1. The quantitative estimate of drug-likeness (QED) is 0.796. The Bertz CT molecular complexity index is 450. The number of fused-ring (bicyclic) bond motifs is 1. The van der Waals surface area contributed by atoms with Gasteiger partial charge in [-0.05, 0) is 28.5 Å². The molecule has 0 spiro atoms. The van der Waals surface area contributed by atoms with Crippen molar-refractivity contribution in [2.75, 3.05) is 0 Å². The lowest BCUT2D eigenvalue weighted by Gasteiger charge is -1.97. The Morgan fingerprint density at radius 1 is 1.23 bits per heavy atom. The summed E-state index contributed by atoms with van der Waals surface area (Å²) in [5.74, 6) is 0. The van der Waals surface area contributed by atoms with Crippen molar-refractivity contribution in [3.63, 3.8) is 0 Å². The van der Waals surface area contributed by atoms with Crippen molar-refractivity contribution in [2.24, 2.45) is 0 Å². The average molecular weight is 233 g/mol. The zero-order valence-electron chi connectivity index (χ0n) is 6.55. The van der Waals surface area contributed by atoms with Gasteiger partial charge in [-0.3, -0.25) is 0 Å². The zero-order chi connectivity index (χ0) is 9.42. The lowest BCUT2D eigenvalue weighted by Crippen LogP contribution is -1.78. The molecule has 68 valence electrons. The predicted octanol–water partition coefficient (Wildman–Crippen LogP) is 3.70. The fourth-order valence-corrected chi connectivity index (χ4v) is 2.56. The monoisotopic (exact) mass is 232 g/mol. The van der Waals surface area contributed by atoms with Crippen LogP contribution in [0.4, 0.5) is 0 Å². The number of halogens is 2. The summed E-state index contributed by atoms with van der Waals surface area (Å²) in [5, 5.41) is 13.0. The summed E-state index contributed by atoms with van der Waals surface area (Å²) in [4.78, 5) is 0. The van der Waals surface area contributed by atoms with Gasteiger partial charge in [-0.1, -0.05) is 23.2 Å². The second-order valence-electron chi connectivity index (χ2n) is 2.68. The van der Waals surface area contributed by atoms with Crippen LogP contribution in [0.1, 0.15) is 5.56 Å². The number of aliphatic hydroxyl groups is 1. The van der Waals surface area contributed by atoms with Crippen LogP contribution in [0.25, 0.3) is 10.1 Å². The molecule has 1 heterocycles. The Hall–Kier alpha value is -0.280. The van der Waals surface area contributed by atoms with Crippen molar-refractivity contribution in [3.8, 4) is 0 Å². The minimum absolute atomic E-state index is 0.0396. The SMILES string of the molecule is OCc1csc2cc(Cl)c(Cl)cc12. The number of hydrogen-bond acceptors (Lipinski definition) is 2. The van der Waals surface area contributed by atoms with E-state index in [-0.39, 0.29) is 6.61 Å². The summed E-state index contributed by atoms with van der Waals surface area (Å²) in [6.07, 6.45) is 0. The molecular weight excluding hydrogens is 227 g/mol. The van der Waals surface area contributed by atoms with E-state index >= 15 is 0 Å². The summed E-state index contributed by atoms with van der Waals surface area (Å²) < 4.78 is 1.05. The Morgan fingerprint density at radius 2 is 1.92 bits per heavy atom. The second kappa shape index (κ2) is 3.46. The molecule has 0 saturated heterocycles. The predicted molar refractivity (Wildman–Crippen MR) is 57.8 cm³/mol. The Kier molecular flexibility index (Phi) is 2.47. The third-order valence-electron chi connectivity index (χ3n) is 1.87. The first-order chi connectivity index (χ1) is 6.22. The normalized spacial score (nSPS) is 11.0. The van der Waals surface area contributed by atoms with Gasteiger partial charge in [0.1, 0.15) is 0 Å². The Labute approximate surface area is 89.5 Å². The van der Waals surface area contributed by atoms with Gasteiger partial charge < -0.3 is 5.11 Å². The molecule has 13 heavy (non-hydrogen) atoms. The van der Waals surface area contributed by atoms with E-state index in [1.165, 1.54) is 0 Å². The molecule has 1 nitrogen and oxygen atoms in total. The highest BCUT2D eigenvalue weighted by Crippen LogP contribution is 2.33. The van der Waals surface area contributed by atoms with E-state index in [9.17, 15) is 0 Å². The van der Waals surface area contributed by atoms with Crippen molar-refractivity contribution >= 4 is 44.6 Å². The Morgan fingerprint density at radius 3 is 2.62 bits per heavy atom. The van der Waals surface area contributed by atoms with Crippen molar-refractivity contribution in [1.82, 2.24) is 0 Å². The van der Waals surface area contributed by atoms with Crippen molar-refractivity contribution in [2.45, 2.75) is 6.61 Å². The van der Waals surface area contributed by atoms with Crippen LogP contribution in [0, 0.1) is 0 Å². The van der Waals surface area contributed by atoms with Gasteiger partial charge >= 0.3 is 0 Å². The molecule has 0 fully saturated rings. The van der Waals surface area contributed by atoms with E-state index < -0.39 is 0 Å². The number of aliphatic hydroxyl groups excluding tert-OH is 1. The summed E-state index contributed by atoms with van der Waals surface area (Å²) in [6, 6.07) is 3.62. The van der Waals surface area contributed by atoms with Gasteiger partial charge in [-0.2, -0.15) is 0 Å². The molecular formula is C9H6Cl2OS. The maximum absolute atomic E-state index is 9.02. The van der Waals surface area contributed by atoms with E-state index in [0.717, 1.165) is 15.6 Å². The van der Waals surface area contributed by atoms with Gasteiger partial charge in [-0.25, -0.2) is 0 Å². The molecule has 1 N–H and O–H groups in total. The first-order valence-corrected chi connectivity index (χ1v) is 5.32. The van der Waals surface area contributed by atoms with E-state index in [2.05, 4.69) is 0 Å². The van der Waals surface area contributed by atoms with Gasteiger partial charge in [0.2, 0.25) is 0 Å². The van der Waals surface area contributed by atoms with Crippen LogP contribution in [-0.4, -0.2) is 5.11 Å². The maximum atomic E-state index is 9.02. The molecule has 2 aromatic rings. The number of benzene rings is 1. The first kappa shape index (κ1) is 9.28. The maximum Gasteiger partial charge on any atom is 0.0696 e. The highest BCUT2D eigenvalue weighted by Gasteiger charge is 2.06. The number of thiophene rings is 1. The van der Waals surface area contributed by atoms with E-state index in [4.69, 9.17) is 28.3 Å². The first-order valence-electron chi connectivity index (χ1n) is 3.68. The summed E-state index contributed by atoms with van der Waals surface area (Å²) in [7, 11) is 0. The molecule has 4 heteroatoms. The molecule has 0 aliphatic heterocycles. The van der Waals surface area contributed by atoms with Crippen LogP contribution in [0.3, 0.4) is 0 Å². The van der Waals surface area contributed by atoms with Gasteiger partial charge in [0.15, 0.2) is 0 Å². The van der Waals surface area contributed by atoms with Crippen LogP contribution in [0.5, 0.6) is 0 Å². The molecule has 0 amide bonds. The molecule has 0 radical (unpaired) electrons. The highest BCUT2D eigenvalue weighted by molar-refractivity contribution is 7.17. The smallest absolute Gasteiger partial charge is 0.0696 e. The van der Waals surface area contributed by atoms with E-state index in [1.807, 2.05) is 11.4 Å². The summed E-state index contributed by atoms with van der Waals surface area (Å²) >= 11 is 13.3. The topological polar surface area (TPSA) is 20.2 Å². The highest BCUT2D eigenvalue weighted by atomic mass is 35.5. The van der Waals surface area contributed by atoms with Gasteiger partial charge in [0.25, 0.3) is 0 Å². The second-order valence-corrected chi connectivity index (χ2v) is 4.41. The van der Waals surface area contributed by atoms with Crippen molar-refractivity contribution < 1.29 is 5.11 Å². The van der Waals surface area contributed by atoms with Gasteiger partial charge in [-0.15, -0.1) is 11.3 Å². The molecule has 2 rings (SSSR count). The van der Waals surface area contributed by atoms with Crippen LogP contribution < -0.4 is 0 Å². The van der Waals surface area contributed by atoms with Crippen LogP contribution in [0.2, 0.25) is 10.0 Å². The van der Waals surface area contributed by atoms with Gasteiger partial charge in [0.05, 0.1) is 16.7 Å². The molecule has 0 atom stereocenters. The lowest BCUT2D eigenvalue weighted by molar-refractivity contribution is 0.284. The van der Waals surface area contributed by atoms with Crippen molar-refractivity contribution in [1.29, 1.82) is 0 Å². The number of hydrogen-bond donors (Lipinski definition) is 1. The minimum atomic E-state index is 0.0396.